The van der Waals surface area contributed by atoms with Crippen LogP contribution in [0.25, 0.3) is 16.7 Å². The van der Waals surface area contributed by atoms with E-state index in [9.17, 15) is 4.39 Å². The van der Waals surface area contributed by atoms with Gasteiger partial charge in [-0.25, -0.2) is 4.39 Å². The Morgan fingerprint density at radius 2 is 1.55 bits per heavy atom. The summed E-state index contributed by atoms with van der Waals surface area (Å²) in [6.45, 7) is 8.21. The standard InChI is InChI=1S/C27H26FN/c1-18(9-7-11-27(29)26-17-23(28)14-12-20(26)3)22-13-15-25(21(4)16-22)24-10-6-5-8-19(24)2/h5-17,29H,1-4H3/b11-7+,18-9-,29-27?. The highest BCUT2D eigenvalue weighted by molar-refractivity contribution is 6.07. The first-order valence-electron chi connectivity index (χ1n) is 9.74. The molecule has 146 valence electrons. The number of hydrogen-bond donors (Lipinski definition) is 1. The number of benzene rings is 3. The normalized spacial score (nSPS) is 11.8. The van der Waals surface area contributed by atoms with Gasteiger partial charge in [-0.05, 0) is 84.9 Å². The van der Waals surface area contributed by atoms with E-state index in [1.165, 1.54) is 34.4 Å². The van der Waals surface area contributed by atoms with Crippen LogP contribution in [0.2, 0.25) is 0 Å². The fourth-order valence-corrected chi connectivity index (χ4v) is 3.45. The van der Waals surface area contributed by atoms with E-state index >= 15 is 0 Å². The Labute approximate surface area is 172 Å². The number of aryl methyl sites for hydroxylation is 3. The highest BCUT2D eigenvalue weighted by Gasteiger charge is 2.06. The number of halogens is 1. The lowest BCUT2D eigenvalue weighted by Gasteiger charge is -2.11. The number of rotatable bonds is 5. The van der Waals surface area contributed by atoms with Crippen molar-refractivity contribution in [2.75, 3.05) is 0 Å². The Bertz CT molecular complexity index is 1120. The van der Waals surface area contributed by atoms with E-state index in [1.807, 2.05) is 19.1 Å². The third-order valence-corrected chi connectivity index (χ3v) is 5.22. The Balaban J connectivity index is 1.80. The van der Waals surface area contributed by atoms with Gasteiger partial charge in [0.15, 0.2) is 0 Å². The molecule has 0 aliphatic heterocycles. The summed E-state index contributed by atoms with van der Waals surface area (Å²) in [7, 11) is 0. The quantitative estimate of drug-likeness (QED) is 0.349. The molecule has 0 bridgehead atoms. The molecule has 0 spiro atoms. The van der Waals surface area contributed by atoms with Crippen LogP contribution in [-0.2, 0) is 0 Å². The fraction of sp³-hybridized carbons (Fsp3) is 0.148. The van der Waals surface area contributed by atoms with Gasteiger partial charge in [0.25, 0.3) is 0 Å². The number of hydrogen-bond acceptors (Lipinski definition) is 1. The van der Waals surface area contributed by atoms with Crippen LogP contribution in [0.1, 0.15) is 34.7 Å². The van der Waals surface area contributed by atoms with Crippen LogP contribution in [-0.4, -0.2) is 5.71 Å². The van der Waals surface area contributed by atoms with Crippen LogP contribution in [0.5, 0.6) is 0 Å². The zero-order valence-corrected chi connectivity index (χ0v) is 17.4. The minimum atomic E-state index is -0.320. The molecule has 1 N–H and O–H groups in total. The van der Waals surface area contributed by atoms with Crippen molar-refractivity contribution in [3.8, 4) is 11.1 Å². The molecule has 0 fully saturated rings. The molecule has 0 radical (unpaired) electrons. The summed E-state index contributed by atoms with van der Waals surface area (Å²) < 4.78 is 13.5. The summed E-state index contributed by atoms with van der Waals surface area (Å²) in [6.07, 6.45) is 5.55. The van der Waals surface area contributed by atoms with Crippen molar-refractivity contribution in [3.05, 3.63) is 113 Å². The predicted molar refractivity (Wildman–Crippen MR) is 122 cm³/mol. The minimum absolute atomic E-state index is 0.303. The first kappa shape index (κ1) is 20.5. The summed E-state index contributed by atoms with van der Waals surface area (Å²) in [6, 6.07) is 19.5. The molecule has 3 aromatic carbocycles. The summed E-state index contributed by atoms with van der Waals surface area (Å²) in [5.74, 6) is -0.320. The van der Waals surface area contributed by atoms with Crippen molar-refractivity contribution < 1.29 is 4.39 Å². The van der Waals surface area contributed by atoms with Gasteiger partial charge in [-0.1, -0.05) is 60.7 Å². The Hall–Kier alpha value is -3.26. The summed E-state index contributed by atoms with van der Waals surface area (Å²) >= 11 is 0. The third-order valence-electron chi connectivity index (χ3n) is 5.22. The molecule has 0 saturated heterocycles. The van der Waals surface area contributed by atoms with Crippen molar-refractivity contribution in [3.63, 3.8) is 0 Å². The topological polar surface area (TPSA) is 23.9 Å². The van der Waals surface area contributed by atoms with Crippen LogP contribution in [0.15, 0.2) is 78.9 Å². The molecule has 1 nitrogen and oxygen atoms in total. The SMILES string of the molecule is C/C(=C/C=C/C(=N)c1cc(F)ccc1C)c1ccc(-c2ccccc2C)c(C)c1. The second-order valence-electron chi connectivity index (χ2n) is 7.43. The van der Waals surface area contributed by atoms with Gasteiger partial charge in [-0.3, -0.25) is 0 Å². The molecule has 3 rings (SSSR count). The number of nitrogens with one attached hydrogen (secondary N) is 1. The lowest BCUT2D eigenvalue weighted by Crippen LogP contribution is -1.98. The minimum Gasteiger partial charge on any atom is -0.300 e. The Kier molecular flexibility index (Phi) is 6.23. The van der Waals surface area contributed by atoms with E-state index in [0.29, 0.717) is 11.3 Å². The van der Waals surface area contributed by atoms with Gasteiger partial charge >= 0.3 is 0 Å². The van der Waals surface area contributed by atoms with E-state index < -0.39 is 0 Å². The van der Waals surface area contributed by atoms with Gasteiger partial charge in [0.1, 0.15) is 5.82 Å². The highest BCUT2D eigenvalue weighted by Crippen LogP contribution is 2.28. The molecule has 0 aliphatic carbocycles. The average Bonchev–Trinajstić information content (AvgIpc) is 2.70. The van der Waals surface area contributed by atoms with E-state index in [4.69, 9.17) is 5.41 Å². The molecular formula is C27H26FN. The van der Waals surface area contributed by atoms with Gasteiger partial charge in [0, 0.05) is 5.56 Å². The Morgan fingerprint density at radius 3 is 2.28 bits per heavy atom. The molecule has 0 amide bonds. The maximum atomic E-state index is 13.5. The van der Waals surface area contributed by atoms with Crippen LogP contribution in [0, 0.1) is 32.0 Å². The molecular weight excluding hydrogens is 357 g/mol. The van der Waals surface area contributed by atoms with E-state index in [0.717, 1.165) is 16.7 Å². The highest BCUT2D eigenvalue weighted by atomic mass is 19.1. The average molecular weight is 384 g/mol. The largest absolute Gasteiger partial charge is 0.300 e. The van der Waals surface area contributed by atoms with Gasteiger partial charge in [-0.2, -0.15) is 0 Å². The zero-order valence-electron chi connectivity index (χ0n) is 17.4. The van der Waals surface area contributed by atoms with Crippen molar-refractivity contribution in [2.24, 2.45) is 0 Å². The van der Waals surface area contributed by atoms with Crippen molar-refractivity contribution >= 4 is 11.3 Å². The van der Waals surface area contributed by atoms with Crippen molar-refractivity contribution in [1.29, 1.82) is 5.41 Å². The monoisotopic (exact) mass is 383 g/mol. The van der Waals surface area contributed by atoms with Gasteiger partial charge < -0.3 is 5.41 Å². The van der Waals surface area contributed by atoms with E-state index in [1.54, 1.807) is 12.1 Å². The molecule has 0 saturated carbocycles. The van der Waals surface area contributed by atoms with Gasteiger partial charge in [0.05, 0.1) is 5.71 Å². The maximum absolute atomic E-state index is 13.5. The van der Waals surface area contributed by atoms with Crippen molar-refractivity contribution in [2.45, 2.75) is 27.7 Å². The zero-order chi connectivity index (χ0) is 21.0. The third kappa shape index (κ3) is 4.78. The maximum Gasteiger partial charge on any atom is 0.123 e. The van der Waals surface area contributed by atoms with Crippen LogP contribution < -0.4 is 0 Å². The van der Waals surface area contributed by atoms with Crippen LogP contribution in [0.4, 0.5) is 4.39 Å². The number of allylic oxidation sites excluding steroid dienone is 4. The molecule has 0 unspecified atom stereocenters. The fourth-order valence-electron chi connectivity index (χ4n) is 3.45. The summed E-state index contributed by atoms with van der Waals surface area (Å²) in [5.41, 5.74) is 9.09. The predicted octanol–water partition coefficient (Wildman–Crippen LogP) is 7.45. The summed E-state index contributed by atoms with van der Waals surface area (Å²) in [4.78, 5) is 0. The van der Waals surface area contributed by atoms with Crippen molar-refractivity contribution in [1.82, 2.24) is 0 Å². The smallest absolute Gasteiger partial charge is 0.123 e. The van der Waals surface area contributed by atoms with Gasteiger partial charge in [-0.15, -0.1) is 0 Å². The summed E-state index contributed by atoms with van der Waals surface area (Å²) in [5, 5.41) is 8.21. The molecule has 0 aliphatic rings. The van der Waals surface area contributed by atoms with Crippen LogP contribution in [0.3, 0.4) is 0 Å². The van der Waals surface area contributed by atoms with E-state index in [2.05, 4.69) is 63.2 Å². The van der Waals surface area contributed by atoms with E-state index in [-0.39, 0.29) is 5.82 Å². The molecule has 2 heteroatoms. The molecule has 3 aromatic rings. The first-order chi connectivity index (χ1) is 13.9. The second kappa shape index (κ2) is 8.83. The molecule has 0 aromatic heterocycles. The molecule has 29 heavy (non-hydrogen) atoms. The first-order valence-corrected chi connectivity index (χ1v) is 9.74. The van der Waals surface area contributed by atoms with Gasteiger partial charge in [0.2, 0.25) is 0 Å². The molecule has 0 atom stereocenters. The Morgan fingerprint density at radius 1 is 0.828 bits per heavy atom. The lowest BCUT2D eigenvalue weighted by atomic mass is 9.93. The second-order valence-corrected chi connectivity index (χ2v) is 7.43. The van der Waals surface area contributed by atoms with Crippen LogP contribution >= 0.6 is 0 Å². The lowest BCUT2D eigenvalue weighted by molar-refractivity contribution is 0.627. The molecule has 0 heterocycles.